The zero-order valence-electron chi connectivity index (χ0n) is 15.4. The molecule has 2 saturated heterocycles. The van der Waals surface area contributed by atoms with Crippen molar-refractivity contribution >= 4 is 23.4 Å². The van der Waals surface area contributed by atoms with Gasteiger partial charge in [-0.05, 0) is 35.4 Å². The number of fused-ring (bicyclic) bond motifs is 2. The van der Waals surface area contributed by atoms with Gasteiger partial charge >= 0.3 is 0 Å². The summed E-state index contributed by atoms with van der Waals surface area (Å²) in [5.74, 6) is -0.125. The smallest absolute Gasteiger partial charge is 0.234 e. The average molecular weight is 417 g/mol. The number of likely N-dealkylation sites (tertiary alicyclic amines) is 2. The molecular formula is C21H18ClFN2O4. The van der Waals surface area contributed by atoms with Gasteiger partial charge in [0.15, 0.2) is 11.5 Å². The quantitative estimate of drug-likeness (QED) is 0.717. The lowest BCUT2D eigenvalue weighted by atomic mass is 10.00. The van der Waals surface area contributed by atoms with Crippen molar-refractivity contribution in [3.63, 3.8) is 0 Å². The summed E-state index contributed by atoms with van der Waals surface area (Å²) >= 11 is 5.85. The van der Waals surface area contributed by atoms with Crippen LogP contribution >= 0.6 is 11.6 Å². The fourth-order valence-corrected chi connectivity index (χ4v) is 4.50. The molecule has 0 spiro atoms. The van der Waals surface area contributed by atoms with E-state index < -0.39 is 5.82 Å². The Labute approximate surface area is 171 Å². The molecule has 5 rings (SSSR count). The average Bonchev–Trinajstić information content (AvgIpc) is 3.38. The van der Waals surface area contributed by atoms with Gasteiger partial charge in [0.2, 0.25) is 18.6 Å². The number of carbonyl (C=O) groups is 2. The maximum absolute atomic E-state index is 13.3. The third kappa shape index (κ3) is 3.24. The van der Waals surface area contributed by atoms with Crippen LogP contribution in [0.3, 0.4) is 0 Å². The molecule has 0 aromatic heterocycles. The molecule has 3 heterocycles. The first-order valence-corrected chi connectivity index (χ1v) is 9.77. The fourth-order valence-electron chi connectivity index (χ4n) is 4.30. The Hall–Kier alpha value is -2.64. The second kappa shape index (κ2) is 7.00. The minimum absolute atomic E-state index is 0.0731. The number of benzene rings is 2. The van der Waals surface area contributed by atoms with Crippen molar-refractivity contribution in [3.05, 3.63) is 58.4 Å². The highest BCUT2D eigenvalue weighted by molar-refractivity contribution is 6.30. The molecule has 2 atom stereocenters. The normalized spacial score (nSPS) is 23.2. The molecule has 3 aliphatic rings. The Morgan fingerprint density at radius 2 is 1.59 bits per heavy atom. The predicted octanol–water partition coefficient (Wildman–Crippen LogP) is 2.82. The molecule has 3 aliphatic heterocycles. The molecule has 0 unspecified atom stereocenters. The molecule has 6 nitrogen and oxygen atoms in total. The maximum atomic E-state index is 13.3. The molecule has 8 heteroatoms. The van der Waals surface area contributed by atoms with Crippen LogP contribution in [0.25, 0.3) is 0 Å². The second-order valence-corrected chi connectivity index (χ2v) is 8.01. The van der Waals surface area contributed by atoms with Crippen molar-refractivity contribution in [1.82, 2.24) is 9.80 Å². The zero-order chi connectivity index (χ0) is 20.1. The van der Waals surface area contributed by atoms with Gasteiger partial charge < -0.3 is 9.47 Å². The van der Waals surface area contributed by atoms with Crippen molar-refractivity contribution in [1.29, 1.82) is 0 Å². The SMILES string of the molecule is O=C1[C@H]2CN(Cc3ccc(F)c(Cl)c3)C[C@H]2C(=O)N1Cc1ccc2c(c1)OCO2. The predicted molar refractivity (Wildman–Crippen MR) is 102 cm³/mol. The number of halogens is 2. The number of imide groups is 1. The van der Waals surface area contributed by atoms with E-state index in [4.69, 9.17) is 21.1 Å². The molecule has 0 N–H and O–H groups in total. The van der Waals surface area contributed by atoms with Crippen LogP contribution in [-0.4, -0.2) is 41.5 Å². The Balaban J connectivity index is 1.26. The van der Waals surface area contributed by atoms with Gasteiger partial charge in [0.25, 0.3) is 0 Å². The largest absolute Gasteiger partial charge is 0.454 e. The zero-order valence-corrected chi connectivity index (χ0v) is 16.2. The van der Waals surface area contributed by atoms with Crippen molar-refractivity contribution in [2.24, 2.45) is 11.8 Å². The summed E-state index contributed by atoms with van der Waals surface area (Å²) in [7, 11) is 0. The van der Waals surface area contributed by atoms with Crippen LogP contribution in [0, 0.1) is 17.7 Å². The van der Waals surface area contributed by atoms with Crippen LogP contribution in [-0.2, 0) is 22.7 Å². The van der Waals surface area contributed by atoms with E-state index in [1.54, 1.807) is 18.2 Å². The van der Waals surface area contributed by atoms with Crippen LogP contribution in [0.2, 0.25) is 5.02 Å². The standard InChI is InChI=1S/C21H18ClFN2O4/c22-16-5-12(1-3-17(16)23)7-24-9-14-15(10-24)21(27)25(20(14)26)8-13-2-4-18-19(6-13)29-11-28-18/h1-6,14-15H,7-11H2/t14-,15+. The molecule has 0 aliphatic carbocycles. The Morgan fingerprint density at radius 3 is 2.31 bits per heavy atom. The summed E-state index contributed by atoms with van der Waals surface area (Å²) in [6.07, 6.45) is 0. The first-order valence-electron chi connectivity index (χ1n) is 9.39. The lowest BCUT2D eigenvalue weighted by molar-refractivity contribution is -0.141. The monoisotopic (exact) mass is 416 g/mol. The number of carbonyl (C=O) groups excluding carboxylic acids is 2. The molecule has 29 heavy (non-hydrogen) atoms. The van der Waals surface area contributed by atoms with E-state index in [2.05, 4.69) is 0 Å². The van der Waals surface area contributed by atoms with E-state index in [1.165, 1.54) is 11.0 Å². The highest BCUT2D eigenvalue weighted by Gasteiger charge is 2.52. The van der Waals surface area contributed by atoms with E-state index in [-0.39, 0.29) is 42.0 Å². The number of amides is 2. The van der Waals surface area contributed by atoms with E-state index in [9.17, 15) is 14.0 Å². The van der Waals surface area contributed by atoms with Gasteiger partial charge in [0.05, 0.1) is 23.4 Å². The molecule has 2 fully saturated rings. The highest BCUT2D eigenvalue weighted by atomic mass is 35.5. The first-order chi connectivity index (χ1) is 14.0. The summed E-state index contributed by atoms with van der Waals surface area (Å²) in [4.78, 5) is 29.2. The Kier molecular flexibility index (Phi) is 4.44. The summed E-state index contributed by atoms with van der Waals surface area (Å²) < 4.78 is 24.0. The van der Waals surface area contributed by atoms with E-state index >= 15 is 0 Å². The van der Waals surface area contributed by atoms with Gasteiger partial charge in [-0.3, -0.25) is 19.4 Å². The first kappa shape index (κ1) is 18.4. The summed E-state index contributed by atoms with van der Waals surface area (Å²) in [5, 5.41) is 0.0731. The summed E-state index contributed by atoms with van der Waals surface area (Å²) in [6.45, 7) is 1.94. The van der Waals surface area contributed by atoms with Gasteiger partial charge in [0, 0.05) is 19.6 Å². The molecule has 0 bridgehead atoms. The minimum atomic E-state index is -0.460. The molecule has 2 amide bonds. The summed E-state index contributed by atoms with van der Waals surface area (Å²) in [6, 6.07) is 10.0. The lowest BCUT2D eigenvalue weighted by Gasteiger charge is -2.21. The van der Waals surface area contributed by atoms with Crippen LogP contribution in [0.4, 0.5) is 4.39 Å². The molecule has 0 saturated carbocycles. The van der Waals surface area contributed by atoms with E-state index in [1.807, 2.05) is 17.0 Å². The van der Waals surface area contributed by atoms with E-state index in [0.717, 1.165) is 11.1 Å². The second-order valence-electron chi connectivity index (χ2n) is 7.61. The Morgan fingerprint density at radius 1 is 0.931 bits per heavy atom. The van der Waals surface area contributed by atoms with Crippen molar-refractivity contribution in [3.8, 4) is 11.5 Å². The number of hydrogen-bond donors (Lipinski definition) is 0. The van der Waals surface area contributed by atoms with Gasteiger partial charge in [-0.15, -0.1) is 0 Å². The maximum Gasteiger partial charge on any atom is 0.234 e. The van der Waals surface area contributed by atoms with Gasteiger partial charge in [-0.2, -0.15) is 0 Å². The molecule has 150 valence electrons. The van der Waals surface area contributed by atoms with Crippen LogP contribution in [0.1, 0.15) is 11.1 Å². The third-order valence-electron chi connectivity index (χ3n) is 5.73. The van der Waals surface area contributed by atoms with Crippen molar-refractivity contribution < 1.29 is 23.5 Å². The summed E-state index contributed by atoms with van der Waals surface area (Å²) in [5.41, 5.74) is 1.68. The lowest BCUT2D eigenvalue weighted by Crippen LogP contribution is -2.35. The molecule has 0 radical (unpaired) electrons. The molecular weight excluding hydrogens is 399 g/mol. The van der Waals surface area contributed by atoms with E-state index in [0.29, 0.717) is 31.1 Å². The number of ether oxygens (including phenoxy) is 2. The number of rotatable bonds is 4. The van der Waals surface area contributed by atoms with Gasteiger partial charge in [-0.1, -0.05) is 23.7 Å². The minimum Gasteiger partial charge on any atom is -0.454 e. The topological polar surface area (TPSA) is 59.1 Å². The van der Waals surface area contributed by atoms with Crippen LogP contribution < -0.4 is 9.47 Å². The Bertz CT molecular complexity index is 990. The van der Waals surface area contributed by atoms with Crippen molar-refractivity contribution in [2.45, 2.75) is 13.1 Å². The third-order valence-corrected chi connectivity index (χ3v) is 6.02. The highest BCUT2D eigenvalue weighted by Crippen LogP contribution is 2.37. The fraction of sp³-hybridized carbons (Fsp3) is 0.333. The molecule has 2 aromatic rings. The van der Waals surface area contributed by atoms with Gasteiger partial charge in [0.1, 0.15) is 5.82 Å². The molecule has 2 aromatic carbocycles. The van der Waals surface area contributed by atoms with Crippen LogP contribution in [0.5, 0.6) is 11.5 Å². The number of nitrogens with zero attached hydrogens (tertiary/aromatic N) is 2. The van der Waals surface area contributed by atoms with Crippen LogP contribution in [0.15, 0.2) is 36.4 Å². The number of hydrogen-bond acceptors (Lipinski definition) is 5. The van der Waals surface area contributed by atoms with Gasteiger partial charge in [-0.25, -0.2) is 4.39 Å². The van der Waals surface area contributed by atoms with Crippen molar-refractivity contribution in [2.75, 3.05) is 19.9 Å².